The zero-order chi connectivity index (χ0) is 25.1. The Morgan fingerprint density at radius 2 is 1.83 bits per heavy atom. The predicted octanol–water partition coefficient (Wildman–Crippen LogP) is 3.38. The van der Waals surface area contributed by atoms with Crippen LogP contribution in [0.5, 0.6) is 0 Å². The molecule has 196 valence electrons. The number of nitrogens with zero attached hydrogens (tertiary/aromatic N) is 3. The lowest BCUT2D eigenvalue weighted by molar-refractivity contribution is -0.134. The van der Waals surface area contributed by atoms with Crippen molar-refractivity contribution in [3.63, 3.8) is 0 Å². The van der Waals surface area contributed by atoms with Gasteiger partial charge in [-0.25, -0.2) is 9.78 Å². The fourth-order valence-electron chi connectivity index (χ4n) is 4.61. The number of hydrogen-bond donors (Lipinski definition) is 3. The number of aromatic nitrogens is 1. The van der Waals surface area contributed by atoms with E-state index in [-0.39, 0.29) is 42.2 Å². The number of hydrogen-bond acceptors (Lipinski definition) is 6. The van der Waals surface area contributed by atoms with Crippen LogP contribution in [0.1, 0.15) is 39.6 Å². The summed E-state index contributed by atoms with van der Waals surface area (Å²) in [4.78, 5) is 48.0. The summed E-state index contributed by atoms with van der Waals surface area (Å²) in [6.07, 6.45) is 2.48. The first-order valence-corrected chi connectivity index (χ1v) is 12.9. The number of nitrogens with one attached hydrogen (secondary N) is 3. The number of likely N-dealkylation sites (N-methyl/N-ethyl adjacent to an activating group) is 1. The van der Waals surface area contributed by atoms with Crippen LogP contribution >= 0.6 is 35.3 Å². The Kier molecular flexibility index (Phi) is 9.57. The molecule has 1 aromatic heterocycles. The van der Waals surface area contributed by atoms with E-state index in [9.17, 15) is 14.4 Å². The van der Waals surface area contributed by atoms with Crippen LogP contribution in [0.15, 0.2) is 24.3 Å². The van der Waals surface area contributed by atoms with E-state index in [1.807, 2.05) is 0 Å². The van der Waals surface area contributed by atoms with Gasteiger partial charge in [-0.2, -0.15) is 0 Å². The van der Waals surface area contributed by atoms with E-state index in [0.717, 1.165) is 30.1 Å². The van der Waals surface area contributed by atoms with E-state index >= 15 is 0 Å². The first-order chi connectivity index (χ1) is 16.7. The van der Waals surface area contributed by atoms with Gasteiger partial charge in [0.05, 0.1) is 17.8 Å². The van der Waals surface area contributed by atoms with Gasteiger partial charge in [-0.1, -0.05) is 11.6 Å². The van der Waals surface area contributed by atoms with Gasteiger partial charge in [0.15, 0.2) is 5.01 Å². The number of anilines is 1. The summed E-state index contributed by atoms with van der Waals surface area (Å²) in [5.74, 6) is -0.452. The zero-order valence-corrected chi connectivity index (χ0v) is 22.9. The number of carbonyl (C=O) groups is 3. The average Bonchev–Trinajstić information content (AvgIpc) is 3.24. The van der Waals surface area contributed by atoms with Crippen molar-refractivity contribution in [3.8, 4) is 0 Å². The standard InChI is InChI=1S/C24H31ClN6O3S.ClH/c1-30(2)23(33)14-4-9-17(29-24(34)26-16-7-5-15(25)6-8-16)19(12-14)27-21(32)22-28-18-10-11-31(3)13-20(18)35-22;/h5-8,14,17,19H,4,9-13H2,1-3H3,(H,27,32)(H2,26,29,34);1H/t14-,17-,19+;/m0./s1. The van der Waals surface area contributed by atoms with Crippen molar-refractivity contribution in [2.24, 2.45) is 5.92 Å². The number of halogens is 2. The van der Waals surface area contributed by atoms with E-state index in [0.29, 0.717) is 35.0 Å². The highest BCUT2D eigenvalue weighted by atomic mass is 35.5. The van der Waals surface area contributed by atoms with Gasteiger partial charge in [0.1, 0.15) is 0 Å². The molecule has 2 heterocycles. The normalized spacial score (nSPS) is 21.5. The van der Waals surface area contributed by atoms with E-state index < -0.39 is 6.04 Å². The van der Waals surface area contributed by atoms with Crippen LogP contribution in [0.2, 0.25) is 5.02 Å². The summed E-state index contributed by atoms with van der Waals surface area (Å²) in [6, 6.07) is 5.74. The predicted molar refractivity (Wildman–Crippen MR) is 144 cm³/mol. The number of thiazole rings is 1. The maximum atomic E-state index is 13.2. The summed E-state index contributed by atoms with van der Waals surface area (Å²) in [6.45, 7) is 1.71. The van der Waals surface area contributed by atoms with E-state index in [1.54, 1.807) is 43.3 Å². The number of amides is 4. The molecule has 3 N–H and O–H groups in total. The average molecular weight is 556 g/mol. The van der Waals surface area contributed by atoms with Crippen LogP contribution in [0.4, 0.5) is 10.5 Å². The second-order valence-corrected chi connectivity index (χ2v) is 10.9. The quantitative estimate of drug-likeness (QED) is 0.525. The second kappa shape index (κ2) is 12.2. The molecule has 2 aromatic rings. The molecule has 0 bridgehead atoms. The Balaban J connectivity index is 0.00000361. The first-order valence-electron chi connectivity index (χ1n) is 11.7. The third-order valence-electron chi connectivity index (χ3n) is 6.49. The lowest BCUT2D eigenvalue weighted by atomic mass is 9.81. The SMILES string of the molecule is CN1CCc2nc(C(=O)N[C@@H]3C[C@@H](C(=O)N(C)C)CC[C@@H]3NC(=O)Nc3ccc(Cl)cc3)sc2C1.Cl. The molecule has 9 nitrogen and oxygen atoms in total. The second-order valence-electron chi connectivity index (χ2n) is 9.41. The topological polar surface area (TPSA) is 107 Å². The van der Waals surface area contributed by atoms with Gasteiger partial charge in [-0.3, -0.25) is 9.59 Å². The van der Waals surface area contributed by atoms with Crippen molar-refractivity contribution >= 4 is 58.9 Å². The molecule has 1 fully saturated rings. The monoisotopic (exact) mass is 554 g/mol. The Bertz CT molecular complexity index is 1090. The summed E-state index contributed by atoms with van der Waals surface area (Å²) in [7, 11) is 5.52. The fourth-order valence-corrected chi connectivity index (χ4v) is 5.83. The molecule has 0 unspecified atom stereocenters. The summed E-state index contributed by atoms with van der Waals surface area (Å²) in [5, 5.41) is 9.86. The van der Waals surface area contributed by atoms with Crippen LogP contribution in [0.3, 0.4) is 0 Å². The lowest BCUT2D eigenvalue weighted by Gasteiger charge is -2.37. The van der Waals surface area contributed by atoms with Gasteiger partial charge in [-0.15, -0.1) is 23.7 Å². The number of benzene rings is 1. The van der Waals surface area contributed by atoms with E-state index in [2.05, 4.69) is 32.9 Å². The van der Waals surface area contributed by atoms with Crippen LogP contribution in [0, 0.1) is 5.92 Å². The van der Waals surface area contributed by atoms with Crippen LogP contribution < -0.4 is 16.0 Å². The molecular formula is C24H32Cl2N6O3S. The Morgan fingerprint density at radius 1 is 1.11 bits per heavy atom. The Labute approximate surface area is 226 Å². The van der Waals surface area contributed by atoms with Gasteiger partial charge in [0, 0.05) is 55.1 Å². The molecule has 1 saturated carbocycles. The molecule has 1 aromatic carbocycles. The number of urea groups is 1. The van der Waals surface area contributed by atoms with Crippen molar-refractivity contribution in [2.75, 3.05) is 33.0 Å². The molecule has 3 atom stereocenters. The number of fused-ring (bicyclic) bond motifs is 1. The highest BCUT2D eigenvalue weighted by Gasteiger charge is 2.37. The molecule has 4 amide bonds. The molecule has 36 heavy (non-hydrogen) atoms. The summed E-state index contributed by atoms with van der Waals surface area (Å²) < 4.78 is 0. The largest absolute Gasteiger partial charge is 0.349 e. The first kappa shape index (κ1) is 28.2. The van der Waals surface area contributed by atoms with Crippen LogP contribution in [-0.4, -0.2) is 72.4 Å². The molecule has 0 spiro atoms. The van der Waals surface area contributed by atoms with Crippen LogP contribution in [0.25, 0.3) is 0 Å². The van der Waals surface area contributed by atoms with Crippen molar-refractivity contribution in [3.05, 3.63) is 44.9 Å². The molecule has 0 saturated heterocycles. The third-order valence-corrected chi connectivity index (χ3v) is 7.82. The van der Waals surface area contributed by atoms with E-state index in [1.165, 1.54) is 11.3 Å². The number of rotatable bonds is 5. The highest BCUT2D eigenvalue weighted by Crippen LogP contribution is 2.28. The minimum atomic E-state index is -0.398. The maximum absolute atomic E-state index is 13.2. The fraction of sp³-hybridized carbons (Fsp3) is 0.500. The molecule has 1 aliphatic heterocycles. The number of carbonyl (C=O) groups excluding carboxylic acids is 3. The van der Waals surface area contributed by atoms with Crippen molar-refractivity contribution < 1.29 is 14.4 Å². The van der Waals surface area contributed by atoms with Gasteiger partial charge >= 0.3 is 6.03 Å². The molecule has 2 aliphatic rings. The molecule has 1 aliphatic carbocycles. The minimum Gasteiger partial charge on any atom is -0.349 e. The third kappa shape index (κ3) is 6.88. The smallest absolute Gasteiger partial charge is 0.319 e. The molecule has 4 rings (SSSR count). The van der Waals surface area contributed by atoms with Gasteiger partial charge in [0.2, 0.25) is 5.91 Å². The highest BCUT2D eigenvalue weighted by molar-refractivity contribution is 7.13. The summed E-state index contributed by atoms with van der Waals surface area (Å²) >= 11 is 7.33. The van der Waals surface area contributed by atoms with Crippen molar-refractivity contribution in [2.45, 2.75) is 44.3 Å². The Morgan fingerprint density at radius 3 is 2.53 bits per heavy atom. The zero-order valence-electron chi connectivity index (χ0n) is 20.5. The molecule has 12 heteroatoms. The Hall–Kier alpha value is -2.40. The van der Waals surface area contributed by atoms with Crippen molar-refractivity contribution in [1.82, 2.24) is 25.4 Å². The van der Waals surface area contributed by atoms with Gasteiger partial charge in [0.25, 0.3) is 5.91 Å². The van der Waals surface area contributed by atoms with Gasteiger partial charge < -0.3 is 25.8 Å². The van der Waals surface area contributed by atoms with Crippen LogP contribution in [-0.2, 0) is 17.8 Å². The van der Waals surface area contributed by atoms with Gasteiger partial charge in [-0.05, 0) is 50.6 Å². The lowest BCUT2D eigenvalue weighted by Crippen LogP contribution is -2.56. The molecule has 0 radical (unpaired) electrons. The van der Waals surface area contributed by atoms with Crippen molar-refractivity contribution in [1.29, 1.82) is 0 Å². The van der Waals surface area contributed by atoms with E-state index in [4.69, 9.17) is 11.6 Å². The minimum absolute atomic E-state index is 0. The maximum Gasteiger partial charge on any atom is 0.319 e. The summed E-state index contributed by atoms with van der Waals surface area (Å²) in [5.41, 5.74) is 1.60. The molecular weight excluding hydrogens is 523 g/mol.